The number of para-hydroxylation sites is 1. The third kappa shape index (κ3) is 4.78. The Bertz CT molecular complexity index is 306. The van der Waals surface area contributed by atoms with E-state index in [0.717, 1.165) is 0 Å². The SMILES string of the molecule is CCCC(CCC)Nc1ccccc1COC. The molecule has 2 heteroatoms. The van der Waals surface area contributed by atoms with Crippen molar-refractivity contribution in [3.63, 3.8) is 0 Å². The van der Waals surface area contributed by atoms with Crippen molar-refractivity contribution >= 4 is 5.69 Å². The van der Waals surface area contributed by atoms with Gasteiger partial charge in [-0.1, -0.05) is 44.9 Å². The number of anilines is 1. The molecule has 1 N–H and O–H groups in total. The Morgan fingerprint density at radius 1 is 1.12 bits per heavy atom. The van der Waals surface area contributed by atoms with Crippen molar-refractivity contribution in [3.8, 4) is 0 Å². The van der Waals surface area contributed by atoms with Gasteiger partial charge >= 0.3 is 0 Å². The van der Waals surface area contributed by atoms with Crippen LogP contribution in [-0.2, 0) is 11.3 Å². The van der Waals surface area contributed by atoms with Crippen LogP contribution in [0.2, 0.25) is 0 Å². The largest absolute Gasteiger partial charge is 0.382 e. The van der Waals surface area contributed by atoms with E-state index < -0.39 is 0 Å². The van der Waals surface area contributed by atoms with Crippen LogP contribution in [0.25, 0.3) is 0 Å². The molecule has 0 heterocycles. The number of benzene rings is 1. The van der Waals surface area contributed by atoms with Crippen LogP contribution < -0.4 is 5.32 Å². The normalized spacial score (nSPS) is 10.8. The molecule has 96 valence electrons. The molecule has 0 atom stereocenters. The molecule has 1 rings (SSSR count). The molecule has 0 saturated heterocycles. The fourth-order valence-electron chi connectivity index (χ4n) is 2.15. The Morgan fingerprint density at radius 3 is 2.35 bits per heavy atom. The fourth-order valence-corrected chi connectivity index (χ4v) is 2.15. The average Bonchev–Trinajstić information content (AvgIpc) is 2.33. The van der Waals surface area contributed by atoms with E-state index in [0.29, 0.717) is 12.6 Å². The van der Waals surface area contributed by atoms with Gasteiger partial charge in [0.05, 0.1) is 6.61 Å². The first-order chi connectivity index (χ1) is 8.31. The van der Waals surface area contributed by atoms with Gasteiger partial charge in [0.25, 0.3) is 0 Å². The lowest BCUT2D eigenvalue weighted by molar-refractivity contribution is 0.185. The van der Waals surface area contributed by atoms with Crippen molar-refractivity contribution in [1.82, 2.24) is 0 Å². The molecule has 0 aliphatic heterocycles. The minimum absolute atomic E-state index is 0.586. The molecule has 0 amide bonds. The maximum Gasteiger partial charge on any atom is 0.0733 e. The van der Waals surface area contributed by atoms with E-state index >= 15 is 0 Å². The number of nitrogens with one attached hydrogen (secondary N) is 1. The van der Waals surface area contributed by atoms with Gasteiger partial charge in [0.15, 0.2) is 0 Å². The summed E-state index contributed by atoms with van der Waals surface area (Å²) in [5.74, 6) is 0. The Labute approximate surface area is 105 Å². The van der Waals surface area contributed by atoms with Gasteiger partial charge in [-0.2, -0.15) is 0 Å². The van der Waals surface area contributed by atoms with Crippen molar-refractivity contribution in [2.75, 3.05) is 12.4 Å². The molecule has 2 nitrogen and oxygen atoms in total. The standard InChI is InChI=1S/C15H25NO/c1-4-8-14(9-5-2)16-15-11-7-6-10-13(15)12-17-3/h6-7,10-11,14,16H,4-5,8-9,12H2,1-3H3. The highest BCUT2D eigenvalue weighted by Crippen LogP contribution is 2.19. The summed E-state index contributed by atoms with van der Waals surface area (Å²) in [6, 6.07) is 9.00. The minimum Gasteiger partial charge on any atom is -0.382 e. The van der Waals surface area contributed by atoms with E-state index in [1.807, 2.05) is 0 Å². The zero-order valence-corrected chi connectivity index (χ0v) is 11.3. The molecule has 0 radical (unpaired) electrons. The van der Waals surface area contributed by atoms with Crippen LogP contribution in [-0.4, -0.2) is 13.2 Å². The summed E-state index contributed by atoms with van der Waals surface area (Å²) in [7, 11) is 1.74. The van der Waals surface area contributed by atoms with Gasteiger partial charge in [-0.05, 0) is 18.9 Å². The van der Waals surface area contributed by atoms with Crippen molar-refractivity contribution < 1.29 is 4.74 Å². The molecule has 0 fully saturated rings. The predicted octanol–water partition coefficient (Wildman–Crippen LogP) is 4.21. The lowest BCUT2D eigenvalue weighted by Gasteiger charge is -2.20. The summed E-state index contributed by atoms with van der Waals surface area (Å²) >= 11 is 0. The third-order valence-corrected chi connectivity index (χ3v) is 2.95. The molecule has 0 aromatic heterocycles. The minimum atomic E-state index is 0.586. The Balaban J connectivity index is 2.69. The number of methoxy groups -OCH3 is 1. The van der Waals surface area contributed by atoms with E-state index in [1.165, 1.54) is 36.9 Å². The van der Waals surface area contributed by atoms with Crippen LogP contribution in [0.3, 0.4) is 0 Å². The predicted molar refractivity (Wildman–Crippen MR) is 74.4 cm³/mol. The third-order valence-electron chi connectivity index (χ3n) is 2.95. The maximum atomic E-state index is 5.23. The summed E-state index contributed by atoms with van der Waals surface area (Å²) < 4.78 is 5.23. The molecule has 1 aromatic carbocycles. The average molecular weight is 235 g/mol. The second kappa shape index (κ2) is 8.13. The summed E-state index contributed by atoms with van der Waals surface area (Å²) in [5.41, 5.74) is 2.47. The fraction of sp³-hybridized carbons (Fsp3) is 0.600. The molecule has 0 spiro atoms. The quantitative estimate of drug-likeness (QED) is 0.728. The summed E-state index contributed by atoms with van der Waals surface area (Å²) in [5, 5.41) is 3.65. The van der Waals surface area contributed by atoms with Crippen molar-refractivity contribution in [1.29, 1.82) is 0 Å². The van der Waals surface area contributed by atoms with Crippen LogP contribution in [0.1, 0.15) is 45.1 Å². The van der Waals surface area contributed by atoms with Crippen molar-refractivity contribution in [3.05, 3.63) is 29.8 Å². The lowest BCUT2D eigenvalue weighted by atomic mass is 10.1. The number of rotatable bonds is 8. The van der Waals surface area contributed by atoms with Gasteiger partial charge in [-0.15, -0.1) is 0 Å². The second-order valence-corrected chi connectivity index (χ2v) is 4.51. The monoisotopic (exact) mass is 235 g/mol. The summed E-state index contributed by atoms with van der Waals surface area (Å²) in [6.07, 6.45) is 4.92. The second-order valence-electron chi connectivity index (χ2n) is 4.51. The van der Waals surface area contributed by atoms with Crippen LogP contribution in [0.15, 0.2) is 24.3 Å². The van der Waals surface area contributed by atoms with Gasteiger partial charge in [-0.3, -0.25) is 0 Å². The molecule has 1 aromatic rings. The summed E-state index contributed by atoms with van der Waals surface area (Å²) in [4.78, 5) is 0. The van der Waals surface area contributed by atoms with E-state index in [-0.39, 0.29) is 0 Å². The summed E-state index contributed by atoms with van der Waals surface area (Å²) in [6.45, 7) is 5.16. The maximum absolute atomic E-state index is 5.23. The topological polar surface area (TPSA) is 21.3 Å². The molecule has 0 saturated carbocycles. The number of ether oxygens (including phenoxy) is 1. The van der Waals surface area contributed by atoms with E-state index in [1.54, 1.807) is 7.11 Å². The smallest absolute Gasteiger partial charge is 0.0733 e. The molecule has 0 bridgehead atoms. The van der Waals surface area contributed by atoms with Crippen LogP contribution in [0.5, 0.6) is 0 Å². The molecule has 17 heavy (non-hydrogen) atoms. The molecule has 0 aliphatic carbocycles. The van der Waals surface area contributed by atoms with Crippen molar-refractivity contribution in [2.24, 2.45) is 0 Å². The van der Waals surface area contributed by atoms with Crippen LogP contribution >= 0.6 is 0 Å². The molecule has 0 unspecified atom stereocenters. The van der Waals surface area contributed by atoms with Gasteiger partial charge in [0, 0.05) is 24.4 Å². The van der Waals surface area contributed by atoms with Gasteiger partial charge in [-0.25, -0.2) is 0 Å². The first-order valence-electron chi connectivity index (χ1n) is 6.65. The van der Waals surface area contributed by atoms with Crippen molar-refractivity contribution in [2.45, 2.75) is 52.2 Å². The first kappa shape index (κ1) is 14.0. The number of hydrogen-bond acceptors (Lipinski definition) is 2. The zero-order valence-electron chi connectivity index (χ0n) is 11.3. The molecular formula is C15H25NO. The zero-order chi connectivity index (χ0) is 12.5. The van der Waals surface area contributed by atoms with Gasteiger partial charge in [0.2, 0.25) is 0 Å². The highest BCUT2D eigenvalue weighted by Gasteiger charge is 2.08. The Morgan fingerprint density at radius 2 is 1.76 bits per heavy atom. The van der Waals surface area contributed by atoms with E-state index in [2.05, 4.69) is 43.4 Å². The molecule has 0 aliphatic rings. The number of hydrogen-bond donors (Lipinski definition) is 1. The van der Waals surface area contributed by atoms with Gasteiger partial charge < -0.3 is 10.1 Å². The Kier molecular flexibility index (Phi) is 6.71. The van der Waals surface area contributed by atoms with Crippen LogP contribution in [0.4, 0.5) is 5.69 Å². The van der Waals surface area contributed by atoms with E-state index in [9.17, 15) is 0 Å². The van der Waals surface area contributed by atoms with Crippen LogP contribution in [0, 0.1) is 0 Å². The van der Waals surface area contributed by atoms with Gasteiger partial charge in [0.1, 0.15) is 0 Å². The molecular weight excluding hydrogens is 210 g/mol. The highest BCUT2D eigenvalue weighted by atomic mass is 16.5. The van der Waals surface area contributed by atoms with E-state index in [4.69, 9.17) is 4.74 Å². The Hall–Kier alpha value is -1.02. The lowest BCUT2D eigenvalue weighted by Crippen LogP contribution is -2.19. The first-order valence-corrected chi connectivity index (χ1v) is 6.65. The highest BCUT2D eigenvalue weighted by molar-refractivity contribution is 5.51.